The molecule has 2 aliphatic rings. The molecule has 0 aliphatic heterocycles. The van der Waals surface area contributed by atoms with Gasteiger partial charge in [-0.3, -0.25) is 4.79 Å². The summed E-state index contributed by atoms with van der Waals surface area (Å²) in [5.74, 6) is 2.95. The Balaban J connectivity index is 1.34. The number of nitrogens with zero attached hydrogens (tertiary/aromatic N) is 3. The van der Waals surface area contributed by atoms with Crippen LogP contribution in [0.4, 0.5) is 5.82 Å². The largest absolute Gasteiger partial charge is 0.373 e. The van der Waals surface area contributed by atoms with Gasteiger partial charge in [-0.05, 0) is 37.3 Å². The monoisotopic (exact) mass is 442 g/mol. The van der Waals surface area contributed by atoms with Gasteiger partial charge in [-0.15, -0.1) is 0 Å². The average molecular weight is 443 g/mol. The van der Waals surface area contributed by atoms with Gasteiger partial charge < -0.3 is 20.1 Å². The summed E-state index contributed by atoms with van der Waals surface area (Å²) in [5.41, 5.74) is 3.29. The molecule has 2 fully saturated rings. The van der Waals surface area contributed by atoms with Crippen LogP contribution in [0.3, 0.4) is 0 Å². The van der Waals surface area contributed by atoms with Crippen molar-refractivity contribution in [3.63, 3.8) is 0 Å². The highest BCUT2D eigenvalue weighted by Gasteiger charge is 2.31. The number of aromatic amines is 1. The third kappa shape index (κ3) is 4.08. The van der Waals surface area contributed by atoms with Gasteiger partial charge in [0, 0.05) is 54.5 Å². The molecule has 1 aromatic carbocycles. The van der Waals surface area contributed by atoms with Gasteiger partial charge in [0.2, 0.25) is 0 Å². The number of amides is 1. The Morgan fingerprint density at radius 3 is 2.76 bits per heavy atom. The van der Waals surface area contributed by atoms with Gasteiger partial charge in [0.05, 0.1) is 11.7 Å². The summed E-state index contributed by atoms with van der Waals surface area (Å²) in [6.07, 6.45) is 7.00. The Bertz CT molecular complexity index is 1320. The number of nitrogens with one attached hydrogen (secondary N) is 3. The molecule has 1 amide bonds. The van der Waals surface area contributed by atoms with E-state index in [1.807, 2.05) is 31.4 Å². The van der Waals surface area contributed by atoms with Crippen molar-refractivity contribution in [2.24, 2.45) is 0 Å². The zero-order valence-corrected chi connectivity index (χ0v) is 18.5. The summed E-state index contributed by atoms with van der Waals surface area (Å²) >= 11 is 0. The number of aromatic nitrogens is 4. The number of anilines is 1. The van der Waals surface area contributed by atoms with E-state index in [-0.39, 0.29) is 11.9 Å². The van der Waals surface area contributed by atoms with Crippen molar-refractivity contribution in [3.8, 4) is 0 Å². The molecular formula is C25H26N6O2. The Kier molecular flexibility index (Phi) is 4.86. The molecule has 3 N–H and O–H groups in total. The maximum Gasteiger partial charge on any atom is 0.274 e. The second-order valence-corrected chi connectivity index (χ2v) is 9.04. The lowest BCUT2D eigenvalue weighted by molar-refractivity contribution is 0.0926. The third-order valence-corrected chi connectivity index (χ3v) is 6.46. The minimum atomic E-state index is -0.342. The number of para-hydroxylation sites is 1. The zero-order chi connectivity index (χ0) is 22.4. The first-order valence-electron chi connectivity index (χ1n) is 11.6. The predicted molar refractivity (Wildman–Crippen MR) is 124 cm³/mol. The van der Waals surface area contributed by atoms with Crippen LogP contribution >= 0.6 is 0 Å². The van der Waals surface area contributed by atoms with Crippen LogP contribution in [0.2, 0.25) is 0 Å². The van der Waals surface area contributed by atoms with E-state index in [2.05, 4.69) is 37.9 Å². The summed E-state index contributed by atoms with van der Waals surface area (Å²) in [6.45, 7) is 0. The second-order valence-electron chi connectivity index (χ2n) is 9.04. The number of rotatable bonds is 8. The Morgan fingerprint density at radius 1 is 1.15 bits per heavy atom. The molecule has 8 nitrogen and oxygen atoms in total. The lowest BCUT2D eigenvalue weighted by Crippen LogP contribution is -2.31. The Hall–Kier alpha value is -3.68. The molecule has 8 heteroatoms. The molecule has 0 radical (unpaired) electrons. The van der Waals surface area contributed by atoms with Crippen molar-refractivity contribution in [2.45, 2.75) is 50.0 Å². The molecule has 2 saturated carbocycles. The maximum atomic E-state index is 13.2. The maximum absolute atomic E-state index is 13.2. The molecule has 2 aliphatic carbocycles. The summed E-state index contributed by atoms with van der Waals surface area (Å²) in [4.78, 5) is 26.0. The summed E-state index contributed by atoms with van der Waals surface area (Å²) in [6, 6.07) is 11.5. The van der Waals surface area contributed by atoms with Crippen LogP contribution in [0, 0.1) is 0 Å². The number of benzene rings is 1. The number of hydrogen-bond donors (Lipinski definition) is 3. The van der Waals surface area contributed by atoms with Crippen molar-refractivity contribution in [1.29, 1.82) is 0 Å². The van der Waals surface area contributed by atoms with E-state index in [4.69, 9.17) is 9.51 Å². The second kappa shape index (κ2) is 8.03. The lowest BCUT2D eigenvalue weighted by atomic mass is 10.0. The van der Waals surface area contributed by atoms with Crippen LogP contribution in [0.15, 0.2) is 47.1 Å². The van der Waals surface area contributed by atoms with Gasteiger partial charge in [0.25, 0.3) is 5.91 Å². The van der Waals surface area contributed by atoms with Crippen molar-refractivity contribution in [2.75, 3.05) is 12.4 Å². The third-order valence-electron chi connectivity index (χ3n) is 6.46. The molecule has 3 heterocycles. The van der Waals surface area contributed by atoms with Crippen molar-refractivity contribution >= 4 is 22.6 Å². The molecule has 3 aromatic heterocycles. The molecule has 0 bridgehead atoms. The summed E-state index contributed by atoms with van der Waals surface area (Å²) in [5, 5.41) is 11.5. The highest BCUT2D eigenvalue weighted by Crippen LogP contribution is 2.40. The fraction of sp³-hybridized carbons (Fsp3) is 0.360. The molecule has 1 unspecified atom stereocenters. The molecule has 168 valence electrons. The zero-order valence-electron chi connectivity index (χ0n) is 18.5. The van der Waals surface area contributed by atoms with Crippen LogP contribution in [0.1, 0.15) is 76.9 Å². The smallest absolute Gasteiger partial charge is 0.274 e. The van der Waals surface area contributed by atoms with Crippen molar-refractivity contribution < 1.29 is 9.32 Å². The fourth-order valence-corrected chi connectivity index (χ4v) is 4.25. The number of fused-ring (bicyclic) bond motifs is 1. The molecule has 0 saturated heterocycles. The quantitative estimate of drug-likeness (QED) is 0.372. The van der Waals surface area contributed by atoms with Crippen molar-refractivity contribution in [1.82, 2.24) is 25.4 Å². The normalized spacial score (nSPS) is 16.6. The van der Waals surface area contributed by atoms with Gasteiger partial charge in [0.15, 0.2) is 5.69 Å². The number of hydrogen-bond acceptors (Lipinski definition) is 6. The van der Waals surface area contributed by atoms with Crippen LogP contribution in [0.25, 0.3) is 10.9 Å². The highest BCUT2D eigenvalue weighted by molar-refractivity contribution is 5.92. The molecule has 6 rings (SSSR count). The van der Waals surface area contributed by atoms with E-state index in [0.717, 1.165) is 65.2 Å². The predicted octanol–water partition coefficient (Wildman–Crippen LogP) is 4.46. The number of carbonyl (C=O) groups excluding carboxylic acids is 1. The molecule has 1 atom stereocenters. The molecule has 4 aromatic rings. The molecule has 0 spiro atoms. The van der Waals surface area contributed by atoms with Crippen LogP contribution in [-0.2, 0) is 6.42 Å². The SMILES string of the molecule is CNc1cc(C(Cc2c[nH]c3ccccc23)NC(=O)c2cc(C3CC3)on2)nc(C2CC2)n1. The minimum Gasteiger partial charge on any atom is -0.373 e. The van der Waals surface area contributed by atoms with Gasteiger partial charge >= 0.3 is 0 Å². The summed E-state index contributed by atoms with van der Waals surface area (Å²) in [7, 11) is 1.85. The van der Waals surface area contributed by atoms with Gasteiger partial charge in [-0.2, -0.15) is 0 Å². The van der Waals surface area contributed by atoms with Gasteiger partial charge in [0.1, 0.15) is 17.4 Å². The first-order chi connectivity index (χ1) is 16.2. The lowest BCUT2D eigenvalue weighted by Gasteiger charge is -2.19. The molecule has 33 heavy (non-hydrogen) atoms. The van der Waals surface area contributed by atoms with Crippen LogP contribution in [0.5, 0.6) is 0 Å². The Morgan fingerprint density at radius 2 is 1.97 bits per heavy atom. The van der Waals surface area contributed by atoms with Crippen LogP contribution in [-0.4, -0.2) is 33.1 Å². The van der Waals surface area contributed by atoms with Gasteiger partial charge in [-0.1, -0.05) is 23.4 Å². The first kappa shape index (κ1) is 20.0. The van der Waals surface area contributed by atoms with E-state index in [0.29, 0.717) is 24.0 Å². The van der Waals surface area contributed by atoms with E-state index < -0.39 is 0 Å². The summed E-state index contributed by atoms with van der Waals surface area (Å²) < 4.78 is 5.40. The standard InChI is InChI=1S/C25H26N6O2/c1-26-23-12-20(28-24(30-23)15-8-9-15)19(10-16-13-27-18-5-3-2-4-17(16)18)29-25(32)21-11-22(33-31-21)14-6-7-14/h2-5,11-15,19,27H,6-10H2,1H3,(H,29,32)(H,26,28,30). The van der Waals surface area contributed by atoms with E-state index in [1.165, 1.54) is 0 Å². The average Bonchev–Trinajstić information content (AvgIpc) is 3.78. The molecular weight excluding hydrogens is 416 g/mol. The fourth-order valence-electron chi connectivity index (χ4n) is 4.25. The minimum absolute atomic E-state index is 0.256. The number of carbonyl (C=O) groups is 1. The first-order valence-corrected chi connectivity index (χ1v) is 11.6. The Labute approximate surface area is 191 Å². The topological polar surface area (TPSA) is 109 Å². The van der Waals surface area contributed by atoms with E-state index >= 15 is 0 Å². The highest BCUT2D eigenvalue weighted by atomic mass is 16.5. The van der Waals surface area contributed by atoms with E-state index in [9.17, 15) is 4.79 Å². The van der Waals surface area contributed by atoms with Crippen molar-refractivity contribution in [3.05, 3.63) is 71.1 Å². The number of H-pyrrole nitrogens is 1. The van der Waals surface area contributed by atoms with Gasteiger partial charge in [-0.25, -0.2) is 9.97 Å². The van der Waals surface area contributed by atoms with Crippen LogP contribution < -0.4 is 10.6 Å². The van der Waals surface area contributed by atoms with E-state index in [1.54, 1.807) is 6.07 Å².